The number of hydrogen-bond acceptors (Lipinski definition) is 7. The number of rotatable bonds is 9. The number of aromatic nitrogens is 2. The van der Waals surface area contributed by atoms with Crippen molar-refractivity contribution in [2.75, 3.05) is 12.3 Å². The second kappa shape index (κ2) is 10.4. The van der Waals surface area contributed by atoms with Crippen molar-refractivity contribution in [2.45, 2.75) is 40.6 Å². The Bertz CT molecular complexity index is 722. The van der Waals surface area contributed by atoms with Crippen LogP contribution in [0.25, 0.3) is 0 Å². The summed E-state index contributed by atoms with van der Waals surface area (Å²) in [6.45, 7) is 4.77. The van der Waals surface area contributed by atoms with Crippen molar-refractivity contribution >= 4 is 40.8 Å². The maximum Gasteiger partial charge on any atom is 0.230 e. The summed E-state index contributed by atoms with van der Waals surface area (Å²) in [6, 6.07) is 10.7. The predicted octanol–water partition coefficient (Wildman–Crippen LogP) is 4.08. The van der Waals surface area contributed by atoms with Crippen LogP contribution in [-0.4, -0.2) is 28.4 Å². The maximum absolute atomic E-state index is 11.6. The van der Waals surface area contributed by atoms with Gasteiger partial charge in [0.15, 0.2) is 8.68 Å². The molecule has 8 heteroatoms. The van der Waals surface area contributed by atoms with Crippen LogP contribution in [0.3, 0.4) is 0 Å². The molecular formula is C17H20N4OS3. The van der Waals surface area contributed by atoms with Gasteiger partial charge < -0.3 is 5.32 Å². The number of carbonyl (C=O) groups is 1. The largest absolute Gasteiger partial charge is 0.354 e. The highest BCUT2D eigenvalue weighted by Crippen LogP contribution is 2.30. The highest BCUT2D eigenvalue weighted by atomic mass is 32.2. The summed E-state index contributed by atoms with van der Waals surface area (Å²) in [6.07, 6.45) is 0.328. The smallest absolute Gasteiger partial charge is 0.230 e. The van der Waals surface area contributed by atoms with Crippen LogP contribution in [0.1, 0.15) is 37.3 Å². The predicted molar refractivity (Wildman–Crippen MR) is 104 cm³/mol. The van der Waals surface area contributed by atoms with E-state index in [4.69, 9.17) is 5.26 Å². The summed E-state index contributed by atoms with van der Waals surface area (Å²) in [7, 11) is 0. The first-order chi connectivity index (χ1) is 12.1. The SMILES string of the molecule is CC(C)c1ccc(CSc2nnc(SCC(=O)NCCC#N)s2)cc1. The van der Waals surface area contributed by atoms with Crippen molar-refractivity contribution in [1.82, 2.24) is 15.5 Å². The number of thioether (sulfide) groups is 2. The van der Waals surface area contributed by atoms with E-state index in [0.29, 0.717) is 24.6 Å². The Morgan fingerprint density at radius 2 is 1.92 bits per heavy atom. The number of carbonyl (C=O) groups excluding carboxylic acids is 1. The van der Waals surface area contributed by atoms with E-state index in [2.05, 4.69) is 53.6 Å². The number of nitrogens with one attached hydrogen (secondary N) is 1. The Morgan fingerprint density at radius 1 is 1.24 bits per heavy atom. The molecule has 0 saturated heterocycles. The Labute approximate surface area is 160 Å². The van der Waals surface area contributed by atoms with Gasteiger partial charge in [0, 0.05) is 12.3 Å². The van der Waals surface area contributed by atoms with Gasteiger partial charge in [-0.1, -0.05) is 73.0 Å². The normalized spacial score (nSPS) is 10.6. The molecule has 1 aromatic carbocycles. The maximum atomic E-state index is 11.6. The van der Waals surface area contributed by atoms with Gasteiger partial charge in [-0.05, 0) is 17.0 Å². The van der Waals surface area contributed by atoms with E-state index in [9.17, 15) is 4.79 Å². The molecule has 25 heavy (non-hydrogen) atoms. The van der Waals surface area contributed by atoms with Gasteiger partial charge in [-0.25, -0.2) is 0 Å². The molecular weight excluding hydrogens is 372 g/mol. The zero-order chi connectivity index (χ0) is 18.1. The van der Waals surface area contributed by atoms with Gasteiger partial charge in [0.25, 0.3) is 0 Å². The minimum Gasteiger partial charge on any atom is -0.354 e. The van der Waals surface area contributed by atoms with Crippen LogP contribution in [0, 0.1) is 11.3 Å². The van der Waals surface area contributed by atoms with Crippen molar-refractivity contribution in [3.8, 4) is 6.07 Å². The first-order valence-corrected chi connectivity index (χ1v) is 10.7. The molecule has 132 valence electrons. The molecule has 1 heterocycles. The number of amides is 1. The van der Waals surface area contributed by atoms with Gasteiger partial charge in [0.05, 0.1) is 18.2 Å². The van der Waals surface area contributed by atoms with Crippen molar-refractivity contribution in [2.24, 2.45) is 0 Å². The van der Waals surface area contributed by atoms with Crippen molar-refractivity contribution < 1.29 is 4.79 Å². The molecule has 0 unspecified atom stereocenters. The van der Waals surface area contributed by atoms with Crippen LogP contribution in [0.2, 0.25) is 0 Å². The summed E-state index contributed by atoms with van der Waals surface area (Å²) >= 11 is 4.53. The van der Waals surface area contributed by atoms with E-state index < -0.39 is 0 Å². The topological polar surface area (TPSA) is 78.7 Å². The number of hydrogen-bond donors (Lipinski definition) is 1. The van der Waals surface area contributed by atoms with Gasteiger partial charge in [-0.3, -0.25) is 4.79 Å². The standard InChI is InChI=1S/C17H20N4OS3/c1-12(2)14-6-4-13(5-7-14)10-23-16-20-21-17(25-16)24-11-15(22)19-9-3-8-18/h4-7,12H,3,9-11H2,1-2H3,(H,19,22). The second-order valence-corrected chi connectivity index (χ2v) is 8.99. The zero-order valence-corrected chi connectivity index (χ0v) is 16.6. The summed E-state index contributed by atoms with van der Waals surface area (Å²) in [5.41, 5.74) is 2.60. The fourth-order valence-corrected chi connectivity index (χ4v) is 4.70. The molecule has 0 aliphatic rings. The van der Waals surface area contributed by atoms with Crippen molar-refractivity contribution in [1.29, 1.82) is 5.26 Å². The Balaban J connectivity index is 1.75. The molecule has 2 aromatic rings. The Hall–Kier alpha value is -1.56. The van der Waals surface area contributed by atoms with E-state index in [-0.39, 0.29) is 5.91 Å². The average molecular weight is 393 g/mol. The third-order valence-electron chi connectivity index (χ3n) is 3.28. The first-order valence-electron chi connectivity index (χ1n) is 7.90. The van der Waals surface area contributed by atoms with Crippen LogP contribution >= 0.6 is 34.9 Å². The van der Waals surface area contributed by atoms with Crippen LogP contribution in [0.15, 0.2) is 32.9 Å². The highest BCUT2D eigenvalue weighted by Gasteiger charge is 2.09. The fourth-order valence-electron chi connectivity index (χ4n) is 1.89. The molecule has 0 radical (unpaired) electrons. The van der Waals surface area contributed by atoms with E-state index in [1.165, 1.54) is 34.2 Å². The minimum absolute atomic E-state index is 0.0881. The molecule has 0 saturated carbocycles. The van der Waals surface area contributed by atoms with Gasteiger partial charge in [0.2, 0.25) is 5.91 Å². The van der Waals surface area contributed by atoms with Gasteiger partial charge >= 0.3 is 0 Å². The summed E-state index contributed by atoms with van der Waals surface area (Å²) in [4.78, 5) is 11.6. The van der Waals surface area contributed by atoms with Crippen LogP contribution in [0.4, 0.5) is 0 Å². The monoisotopic (exact) mass is 392 g/mol. The second-order valence-electron chi connectivity index (χ2n) is 5.57. The molecule has 5 nitrogen and oxygen atoms in total. The molecule has 0 bridgehead atoms. The number of nitrogens with zero attached hydrogens (tertiary/aromatic N) is 3. The van der Waals surface area contributed by atoms with Crippen LogP contribution in [0.5, 0.6) is 0 Å². The minimum atomic E-state index is -0.0881. The molecule has 1 amide bonds. The summed E-state index contributed by atoms with van der Waals surface area (Å²) in [5, 5.41) is 19.4. The lowest BCUT2D eigenvalue weighted by molar-refractivity contribution is -0.118. The average Bonchev–Trinajstić information content (AvgIpc) is 3.07. The molecule has 0 spiro atoms. The zero-order valence-electron chi connectivity index (χ0n) is 14.2. The van der Waals surface area contributed by atoms with Crippen LogP contribution < -0.4 is 5.32 Å². The molecule has 0 aliphatic carbocycles. The number of benzene rings is 1. The fraction of sp³-hybridized carbons (Fsp3) is 0.412. The molecule has 1 aromatic heterocycles. The molecule has 1 N–H and O–H groups in total. The third kappa shape index (κ3) is 7.06. The lowest BCUT2D eigenvalue weighted by Gasteiger charge is -2.05. The summed E-state index contributed by atoms with van der Waals surface area (Å²) in [5.74, 6) is 1.60. The Kier molecular flexibility index (Phi) is 8.25. The third-order valence-corrected chi connectivity index (χ3v) is 6.54. The summed E-state index contributed by atoms with van der Waals surface area (Å²) < 4.78 is 1.69. The molecule has 2 rings (SSSR count). The highest BCUT2D eigenvalue weighted by molar-refractivity contribution is 8.03. The van der Waals surface area contributed by atoms with Crippen LogP contribution in [-0.2, 0) is 10.5 Å². The van der Waals surface area contributed by atoms with Gasteiger partial charge in [-0.15, -0.1) is 10.2 Å². The van der Waals surface area contributed by atoms with Gasteiger partial charge in [-0.2, -0.15) is 5.26 Å². The molecule has 0 atom stereocenters. The van der Waals surface area contributed by atoms with Crippen molar-refractivity contribution in [3.05, 3.63) is 35.4 Å². The Morgan fingerprint density at radius 3 is 2.56 bits per heavy atom. The molecule has 0 fully saturated rings. The van der Waals surface area contributed by atoms with Crippen molar-refractivity contribution in [3.63, 3.8) is 0 Å². The van der Waals surface area contributed by atoms with E-state index in [0.717, 1.165) is 14.4 Å². The van der Waals surface area contributed by atoms with E-state index in [1.807, 2.05) is 6.07 Å². The van der Waals surface area contributed by atoms with E-state index >= 15 is 0 Å². The quantitative estimate of drug-likeness (QED) is 0.512. The first kappa shape index (κ1) is 19.8. The van der Waals surface area contributed by atoms with Gasteiger partial charge in [0.1, 0.15) is 0 Å². The number of nitriles is 1. The lowest BCUT2D eigenvalue weighted by Crippen LogP contribution is -2.25. The van der Waals surface area contributed by atoms with E-state index in [1.54, 1.807) is 11.8 Å². The lowest BCUT2D eigenvalue weighted by atomic mass is 10.0. The molecule has 0 aliphatic heterocycles.